The van der Waals surface area contributed by atoms with Crippen molar-refractivity contribution < 1.29 is 23.0 Å². The highest BCUT2D eigenvalue weighted by molar-refractivity contribution is 8.26. The average Bonchev–Trinajstić information content (AvgIpc) is 3.10. The van der Waals surface area contributed by atoms with Gasteiger partial charge in [-0.25, -0.2) is 8.78 Å². The van der Waals surface area contributed by atoms with Crippen molar-refractivity contribution in [1.29, 1.82) is 0 Å². The summed E-state index contributed by atoms with van der Waals surface area (Å²) in [4.78, 5) is 12.5. The van der Waals surface area contributed by atoms with Gasteiger partial charge in [0, 0.05) is 16.7 Å². The number of carbonyl (C=O) groups is 1. The minimum atomic E-state index is -0.495. The molecule has 1 saturated heterocycles. The fraction of sp³-hybridized carbons (Fsp3) is 0.0833. The summed E-state index contributed by atoms with van der Waals surface area (Å²) in [6.07, 6.45) is 1.58. The predicted octanol–water partition coefficient (Wildman–Crippen LogP) is 6.92. The summed E-state index contributed by atoms with van der Waals surface area (Å²) in [5.41, 5.74) is 0.896. The molecule has 3 aromatic carbocycles. The van der Waals surface area contributed by atoms with E-state index in [9.17, 15) is 13.6 Å². The molecule has 0 bridgehead atoms. The summed E-state index contributed by atoms with van der Waals surface area (Å²) >= 11 is 18.3. The molecule has 0 unspecified atom stereocenters. The number of thioether (sulfide) groups is 1. The number of hydrogen-bond donors (Lipinski definition) is 1. The average molecular weight is 538 g/mol. The maximum Gasteiger partial charge on any atom is 0.263 e. The van der Waals surface area contributed by atoms with E-state index in [0.29, 0.717) is 26.3 Å². The fourth-order valence-corrected chi connectivity index (χ4v) is 4.54. The second-order valence-electron chi connectivity index (χ2n) is 7.03. The van der Waals surface area contributed by atoms with E-state index in [-0.39, 0.29) is 40.3 Å². The van der Waals surface area contributed by atoms with Gasteiger partial charge < -0.3 is 14.8 Å². The number of ether oxygens (including phenoxy) is 2. The van der Waals surface area contributed by atoms with Gasteiger partial charge in [0.05, 0.1) is 15.0 Å². The van der Waals surface area contributed by atoms with Crippen LogP contribution in [-0.2, 0) is 18.0 Å². The molecule has 0 saturated carbocycles. The normalized spacial score (nSPS) is 14.4. The van der Waals surface area contributed by atoms with E-state index in [0.717, 1.165) is 11.8 Å². The molecule has 0 aliphatic carbocycles. The van der Waals surface area contributed by atoms with Crippen LogP contribution < -0.4 is 14.8 Å². The minimum absolute atomic E-state index is 0.105. The number of amides is 1. The largest absolute Gasteiger partial charge is 0.489 e. The molecule has 0 radical (unpaired) electrons. The number of benzene rings is 3. The molecule has 1 amide bonds. The van der Waals surface area contributed by atoms with Gasteiger partial charge in [-0.15, -0.1) is 0 Å². The molecule has 4 rings (SSSR count). The SMILES string of the molecule is O=C1NC(=S)SC1=Cc1cc(OCc2c(F)cccc2Cl)ccc1OCc1c(F)cccc1Cl. The van der Waals surface area contributed by atoms with Crippen LogP contribution in [0.15, 0.2) is 59.5 Å². The Labute approximate surface area is 213 Å². The van der Waals surface area contributed by atoms with Crippen molar-refractivity contribution in [2.24, 2.45) is 0 Å². The molecule has 0 atom stereocenters. The third kappa shape index (κ3) is 5.70. The molecule has 4 nitrogen and oxygen atoms in total. The molecule has 174 valence electrons. The van der Waals surface area contributed by atoms with Crippen LogP contribution in [0.1, 0.15) is 16.7 Å². The zero-order valence-corrected chi connectivity index (χ0v) is 20.4. The Morgan fingerprint density at radius 2 is 1.56 bits per heavy atom. The predicted molar refractivity (Wildman–Crippen MR) is 134 cm³/mol. The van der Waals surface area contributed by atoms with Gasteiger partial charge in [-0.05, 0) is 48.5 Å². The van der Waals surface area contributed by atoms with E-state index >= 15 is 0 Å². The van der Waals surface area contributed by atoms with E-state index in [2.05, 4.69) is 5.32 Å². The minimum Gasteiger partial charge on any atom is -0.489 e. The summed E-state index contributed by atoms with van der Waals surface area (Å²) in [6, 6.07) is 13.6. The van der Waals surface area contributed by atoms with Crippen molar-refractivity contribution in [2.75, 3.05) is 0 Å². The Bertz CT molecular complexity index is 1280. The number of halogens is 4. The Hall–Kier alpha value is -2.65. The third-order valence-electron chi connectivity index (χ3n) is 4.79. The Balaban J connectivity index is 1.62. The zero-order chi connectivity index (χ0) is 24.2. The number of hydrogen-bond acceptors (Lipinski definition) is 5. The van der Waals surface area contributed by atoms with Crippen molar-refractivity contribution >= 4 is 63.5 Å². The van der Waals surface area contributed by atoms with Crippen LogP contribution in [0.2, 0.25) is 10.0 Å². The summed E-state index contributed by atoms with van der Waals surface area (Å²) in [5.74, 6) is -0.584. The van der Waals surface area contributed by atoms with Crippen LogP contribution in [0.3, 0.4) is 0 Å². The number of carbonyl (C=O) groups excluding carboxylic acids is 1. The summed E-state index contributed by atoms with van der Waals surface area (Å²) < 4.78 is 40.1. The van der Waals surface area contributed by atoms with Gasteiger partial charge in [-0.2, -0.15) is 0 Å². The third-order valence-corrected chi connectivity index (χ3v) is 6.66. The van der Waals surface area contributed by atoms with Crippen molar-refractivity contribution in [1.82, 2.24) is 5.32 Å². The van der Waals surface area contributed by atoms with Crippen LogP contribution in [0.5, 0.6) is 11.5 Å². The Morgan fingerprint density at radius 3 is 2.12 bits per heavy atom. The van der Waals surface area contributed by atoms with Gasteiger partial charge in [0.25, 0.3) is 5.91 Å². The molecule has 1 N–H and O–H groups in total. The maximum atomic E-state index is 14.2. The monoisotopic (exact) mass is 537 g/mol. The van der Waals surface area contributed by atoms with E-state index in [1.807, 2.05) is 0 Å². The second kappa shape index (κ2) is 10.7. The molecule has 1 fully saturated rings. The maximum absolute atomic E-state index is 14.2. The summed E-state index contributed by atoms with van der Waals surface area (Å²) in [7, 11) is 0. The summed E-state index contributed by atoms with van der Waals surface area (Å²) in [6.45, 7) is -0.240. The Morgan fingerprint density at radius 1 is 0.941 bits per heavy atom. The van der Waals surface area contributed by atoms with Gasteiger partial charge in [-0.3, -0.25) is 4.79 Å². The number of thiocarbonyl (C=S) groups is 1. The number of rotatable bonds is 7. The zero-order valence-electron chi connectivity index (χ0n) is 17.2. The lowest BCUT2D eigenvalue weighted by Gasteiger charge is -2.14. The van der Waals surface area contributed by atoms with Gasteiger partial charge >= 0.3 is 0 Å². The molecule has 34 heavy (non-hydrogen) atoms. The lowest BCUT2D eigenvalue weighted by atomic mass is 10.1. The molecular formula is C24H15Cl2F2NO3S2. The highest BCUT2D eigenvalue weighted by atomic mass is 35.5. The first-order chi connectivity index (χ1) is 16.3. The topological polar surface area (TPSA) is 47.6 Å². The number of nitrogens with one attached hydrogen (secondary N) is 1. The molecule has 1 aliphatic heterocycles. The standard InChI is InChI=1S/C24H15Cl2F2NO3S2/c25-17-3-1-5-19(27)15(17)11-31-14-7-8-21(32-12-16-18(26)4-2-6-20(16)28)13(9-14)10-22-23(30)29-24(33)34-22/h1-10H,11-12H2,(H,29,30,33). The van der Waals surface area contributed by atoms with E-state index in [1.54, 1.807) is 36.4 Å². The highest BCUT2D eigenvalue weighted by Gasteiger charge is 2.23. The van der Waals surface area contributed by atoms with Gasteiger partial charge in [0.1, 0.15) is 40.7 Å². The fourth-order valence-electron chi connectivity index (χ4n) is 3.07. The molecule has 3 aromatic rings. The molecule has 0 spiro atoms. The molecule has 1 aliphatic rings. The van der Waals surface area contributed by atoms with Crippen molar-refractivity contribution in [3.8, 4) is 11.5 Å². The van der Waals surface area contributed by atoms with E-state index in [4.69, 9.17) is 44.9 Å². The quantitative estimate of drug-likeness (QED) is 0.262. The lowest BCUT2D eigenvalue weighted by molar-refractivity contribution is -0.115. The molecular weight excluding hydrogens is 523 g/mol. The van der Waals surface area contributed by atoms with Crippen LogP contribution in [0.25, 0.3) is 6.08 Å². The lowest BCUT2D eigenvalue weighted by Crippen LogP contribution is -2.17. The highest BCUT2D eigenvalue weighted by Crippen LogP contribution is 2.33. The smallest absolute Gasteiger partial charge is 0.263 e. The van der Waals surface area contributed by atoms with Gasteiger partial charge in [-0.1, -0.05) is 59.3 Å². The first-order valence-corrected chi connectivity index (χ1v) is 11.8. The second-order valence-corrected chi connectivity index (χ2v) is 9.56. The van der Waals surface area contributed by atoms with Crippen LogP contribution >= 0.6 is 47.2 Å². The van der Waals surface area contributed by atoms with E-state index < -0.39 is 11.6 Å². The summed E-state index contributed by atoms with van der Waals surface area (Å²) in [5, 5.41) is 3.03. The van der Waals surface area contributed by atoms with Gasteiger partial charge in [0.2, 0.25) is 0 Å². The molecule has 10 heteroatoms. The molecule has 0 aromatic heterocycles. The van der Waals surface area contributed by atoms with Crippen molar-refractivity contribution in [3.05, 3.63) is 97.9 Å². The van der Waals surface area contributed by atoms with Crippen molar-refractivity contribution in [2.45, 2.75) is 13.2 Å². The Kier molecular flexibility index (Phi) is 7.73. The first kappa shape index (κ1) is 24.5. The van der Waals surface area contributed by atoms with Crippen LogP contribution in [0.4, 0.5) is 8.78 Å². The van der Waals surface area contributed by atoms with E-state index in [1.165, 1.54) is 24.3 Å². The first-order valence-electron chi connectivity index (χ1n) is 9.82. The van der Waals surface area contributed by atoms with Crippen LogP contribution in [-0.4, -0.2) is 10.2 Å². The van der Waals surface area contributed by atoms with Gasteiger partial charge in [0.15, 0.2) is 0 Å². The van der Waals surface area contributed by atoms with Crippen LogP contribution in [0, 0.1) is 11.6 Å². The van der Waals surface area contributed by atoms with Crippen molar-refractivity contribution in [3.63, 3.8) is 0 Å². The molecule has 1 heterocycles.